The van der Waals surface area contributed by atoms with Gasteiger partial charge in [0.05, 0.1) is 10.5 Å². The molecule has 4 aromatic rings. The van der Waals surface area contributed by atoms with Crippen LogP contribution in [0.3, 0.4) is 0 Å². The molecular formula is C30H25N3O4. The predicted octanol–water partition coefficient (Wildman–Crippen LogP) is 6.50. The first-order chi connectivity index (χ1) is 18.0. The van der Waals surface area contributed by atoms with Crippen LogP contribution in [-0.4, -0.2) is 23.9 Å². The molecule has 0 fully saturated rings. The van der Waals surface area contributed by atoms with Crippen LogP contribution in [0.25, 0.3) is 0 Å². The number of benzene rings is 4. The topological polar surface area (TPSA) is 75.9 Å². The molecule has 0 N–H and O–H groups in total. The molecular weight excluding hydrogens is 466 g/mol. The van der Waals surface area contributed by atoms with Gasteiger partial charge in [-0.05, 0) is 50.2 Å². The number of hydrogen-bond donors (Lipinski definition) is 0. The highest BCUT2D eigenvalue weighted by Crippen LogP contribution is 2.60. The summed E-state index contributed by atoms with van der Waals surface area (Å²) in [6, 6.07) is 27.7. The van der Waals surface area contributed by atoms with Gasteiger partial charge in [0, 0.05) is 53.3 Å². The highest BCUT2D eigenvalue weighted by Gasteiger charge is 2.58. The third-order valence-corrected chi connectivity index (χ3v) is 7.37. The van der Waals surface area contributed by atoms with Crippen LogP contribution < -0.4 is 14.5 Å². The van der Waals surface area contributed by atoms with Gasteiger partial charge >= 0.3 is 0 Å². The Balaban J connectivity index is 1.76. The van der Waals surface area contributed by atoms with Crippen molar-refractivity contribution in [3.8, 4) is 11.5 Å². The van der Waals surface area contributed by atoms with E-state index >= 15 is 0 Å². The Labute approximate surface area is 214 Å². The Kier molecular flexibility index (Phi) is 5.22. The van der Waals surface area contributed by atoms with Gasteiger partial charge in [-0.2, -0.15) is 0 Å². The average Bonchev–Trinajstić information content (AvgIpc) is 3.18. The van der Waals surface area contributed by atoms with Crippen LogP contribution in [0.1, 0.15) is 40.9 Å². The molecule has 2 aliphatic heterocycles. The Morgan fingerprint density at radius 2 is 1.49 bits per heavy atom. The minimum absolute atomic E-state index is 0.0291. The van der Waals surface area contributed by atoms with Crippen LogP contribution in [-0.2, 0) is 5.54 Å². The second-order valence-electron chi connectivity index (χ2n) is 9.09. The molecule has 2 aliphatic rings. The minimum Gasteiger partial charge on any atom is -0.456 e. The van der Waals surface area contributed by atoms with Crippen LogP contribution in [0.4, 0.5) is 17.1 Å². The number of carbonyl (C=O) groups excluding carboxylic acids is 1. The number of para-hydroxylation sites is 1. The molecule has 37 heavy (non-hydrogen) atoms. The number of hydrogen-bond acceptors (Lipinski definition) is 5. The van der Waals surface area contributed by atoms with Gasteiger partial charge in [-0.25, -0.2) is 0 Å². The lowest BCUT2D eigenvalue weighted by Crippen LogP contribution is -2.48. The van der Waals surface area contributed by atoms with Crippen LogP contribution >= 0.6 is 0 Å². The van der Waals surface area contributed by atoms with Gasteiger partial charge < -0.3 is 9.64 Å². The van der Waals surface area contributed by atoms with Crippen molar-refractivity contribution in [2.24, 2.45) is 0 Å². The normalized spacial score (nSPS) is 17.1. The minimum atomic E-state index is -1.03. The van der Waals surface area contributed by atoms with E-state index in [2.05, 4.69) is 24.8 Å². The fourth-order valence-corrected chi connectivity index (χ4v) is 5.83. The first-order valence-corrected chi connectivity index (χ1v) is 12.4. The monoisotopic (exact) mass is 491 g/mol. The Morgan fingerprint density at radius 1 is 0.838 bits per heavy atom. The van der Waals surface area contributed by atoms with Gasteiger partial charge in [0.1, 0.15) is 17.0 Å². The lowest BCUT2D eigenvalue weighted by atomic mass is 9.73. The molecule has 7 nitrogen and oxygen atoms in total. The molecule has 6 rings (SSSR count). The lowest BCUT2D eigenvalue weighted by Gasteiger charge is -2.46. The van der Waals surface area contributed by atoms with E-state index in [4.69, 9.17) is 4.74 Å². The molecule has 0 aliphatic carbocycles. The Bertz CT molecular complexity index is 1540. The number of amides is 1. The van der Waals surface area contributed by atoms with Gasteiger partial charge in [0.25, 0.3) is 11.6 Å². The third kappa shape index (κ3) is 3.10. The summed E-state index contributed by atoms with van der Waals surface area (Å²) in [5, 5.41) is 11.4. The summed E-state index contributed by atoms with van der Waals surface area (Å²) < 4.78 is 6.48. The van der Waals surface area contributed by atoms with Gasteiger partial charge in [0.2, 0.25) is 0 Å². The first-order valence-electron chi connectivity index (χ1n) is 12.4. The zero-order valence-corrected chi connectivity index (χ0v) is 20.5. The summed E-state index contributed by atoms with van der Waals surface area (Å²) in [7, 11) is 0. The van der Waals surface area contributed by atoms with E-state index < -0.39 is 10.5 Å². The molecule has 7 heteroatoms. The number of rotatable bonds is 5. The van der Waals surface area contributed by atoms with Crippen molar-refractivity contribution in [3.05, 3.63) is 123 Å². The van der Waals surface area contributed by atoms with E-state index in [1.807, 2.05) is 60.7 Å². The average molecular weight is 492 g/mol. The highest BCUT2D eigenvalue weighted by molar-refractivity contribution is 6.14. The van der Waals surface area contributed by atoms with Crippen LogP contribution in [0.2, 0.25) is 0 Å². The van der Waals surface area contributed by atoms with E-state index in [0.717, 1.165) is 35.5 Å². The number of nitro benzene ring substituents is 1. The van der Waals surface area contributed by atoms with Crippen molar-refractivity contribution >= 4 is 23.0 Å². The van der Waals surface area contributed by atoms with Gasteiger partial charge in [0.15, 0.2) is 0 Å². The zero-order valence-electron chi connectivity index (χ0n) is 20.5. The first kappa shape index (κ1) is 22.8. The van der Waals surface area contributed by atoms with Crippen LogP contribution in [0, 0.1) is 10.1 Å². The van der Waals surface area contributed by atoms with Crippen molar-refractivity contribution in [2.75, 3.05) is 22.9 Å². The molecule has 4 aromatic carbocycles. The van der Waals surface area contributed by atoms with Crippen molar-refractivity contribution in [1.82, 2.24) is 0 Å². The Hall–Kier alpha value is -4.65. The predicted molar refractivity (Wildman–Crippen MR) is 143 cm³/mol. The van der Waals surface area contributed by atoms with Crippen molar-refractivity contribution in [1.29, 1.82) is 0 Å². The lowest BCUT2D eigenvalue weighted by molar-refractivity contribution is -0.384. The molecule has 1 unspecified atom stereocenters. The molecule has 0 aromatic heterocycles. The molecule has 0 saturated heterocycles. The number of fused-ring (bicyclic) bond motifs is 6. The van der Waals surface area contributed by atoms with Crippen molar-refractivity contribution in [3.63, 3.8) is 0 Å². The Morgan fingerprint density at radius 3 is 2.19 bits per heavy atom. The van der Waals surface area contributed by atoms with Crippen molar-refractivity contribution < 1.29 is 14.5 Å². The zero-order chi connectivity index (χ0) is 25.7. The molecule has 1 atom stereocenters. The molecule has 2 heterocycles. The molecule has 0 saturated carbocycles. The fraction of sp³-hybridized carbons (Fsp3) is 0.167. The summed E-state index contributed by atoms with van der Waals surface area (Å²) in [4.78, 5) is 29.3. The maximum absolute atomic E-state index is 14.3. The summed E-state index contributed by atoms with van der Waals surface area (Å²) in [6.07, 6.45) is 0. The number of carbonyl (C=O) groups is 1. The summed E-state index contributed by atoms with van der Waals surface area (Å²) >= 11 is 0. The van der Waals surface area contributed by atoms with E-state index in [0.29, 0.717) is 22.7 Å². The van der Waals surface area contributed by atoms with Crippen LogP contribution in [0.5, 0.6) is 11.5 Å². The molecule has 1 amide bonds. The number of anilines is 2. The quantitative estimate of drug-likeness (QED) is 0.235. The number of nitro groups is 1. The summed E-state index contributed by atoms with van der Waals surface area (Å²) in [5.74, 6) is 1.18. The maximum Gasteiger partial charge on any atom is 0.269 e. The number of nitrogens with zero attached hydrogens (tertiary/aromatic N) is 3. The second kappa shape index (κ2) is 8.48. The maximum atomic E-state index is 14.3. The fourth-order valence-electron chi connectivity index (χ4n) is 5.83. The molecule has 184 valence electrons. The van der Waals surface area contributed by atoms with E-state index in [-0.39, 0.29) is 11.6 Å². The smallest absolute Gasteiger partial charge is 0.269 e. The third-order valence-electron chi connectivity index (χ3n) is 7.37. The SMILES string of the molecule is CCN(CC)c1cccc2c1C1(c3ccccc3O2)c2ccccc2C(=O)N1c1ccc([N+](=O)[O-])cc1. The number of ether oxygens (including phenoxy) is 1. The molecule has 0 radical (unpaired) electrons. The van der Waals surface area contributed by atoms with Crippen LogP contribution in [0.15, 0.2) is 91.0 Å². The van der Waals surface area contributed by atoms with E-state index in [1.165, 1.54) is 12.1 Å². The van der Waals surface area contributed by atoms with E-state index in [9.17, 15) is 14.9 Å². The molecule has 0 bridgehead atoms. The standard InChI is InChI=1S/C30H25N3O4/c1-3-31(4-2)25-13-9-15-27-28(25)30(24-12-7-8-14-26(24)37-27)23-11-6-5-10-22(23)29(34)32(30)20-16-18-21(19-17-20)33(35)36/h5-19H,3-4H2,1-2H3. The van der Waals surface area contributed by atoms with Gasteiger partial charge in [-0.1, -0.05) is 42.5 Å². The van der Waals surface area contributed by atoms with Gasteiger partial charge in [-0.15, -0.1) is 0 Å². The largest absolute Gasteiger partial charge is 0.456 e. The number of non-ortho nitro benzene ring substituents is 1. The van der Waals surface area contributed by atoms with Crippen molar-refractivity contribution in [2.45, 2.75) is 19.4 Å². The summed E-state index contributed by atoms with van der Waals surface area (Å²) in [6.45, 7) is 5.76. The second-order valence-corrected chi connectivity index (χ2v) is 9.09. The summed E-state index contributed by atoms with van der Waals surface area (Å²) in [5.41, 5.74) is 3.67. The highest BCUT2D eigenvalue weighted by atomic mass is 16.6. The molecule has 1 spiro atoms. The van der Waals surface area contributed by atoms with E-state index in [1.54, 1.807) is 17.0 Å². The van der Waals surface area contributed by atoms with Gasteiger partial charge in [-0.3, -0.25) is 19.8 Å².